The summed E-state index contributed by atoms with van der Waals surface area (Å²) in [4.78, 5) is 31.4. The lowest BCUT2D eigenvalue weighted by Crippen LogP contribution is -2.48. The first-order valence-corrected chi connectivity index (χ1v) is 13.8. The maximum absolute atomic E-state index is 14.3. The topological polar surface area (TPSA) is 82.5 Å². The van der Waals surface area contributed by atoms with E-state index in [0.29, 0.717) is 31.5 Å². The van der Waals surface area contributed by atoms with Gasteiger partial charge in [0.05, 0.1) is 12.5 Å². The fourth-order valence-corrected chi connectivity index (χ4v) is 4.91. The molecule has 1 fully saturated rings. The van der Waals surface area contributed by atoms with E-state index in [4.69, 9.17) is 9.47 Å². The third-order valence-electron chi connectivity index (χ3n) is 7.52. The average Bonchev–Trinajstić information content (AvgIpc) is 2.87. The van der Waals surface area contributed by atoms with Crippen LogP contribution in [0.5, 0.6) is 0 Å². The number of aliphatic hydroxyl groups is 1. The minimum absolute atomic E-state index is 0.0539. The van der Waals surface area contributed by atoms with Gasteiger partial charge in [-0.2, -0.15) is 0 Å². The smallest absolute Gasteiger partial charge is 0.410 e. The van der Waals surface area contributed by atoms with Crippen LogP contribution >= 0.6 is 0 Å². The second-order valence-electron chi connectivity index (χ2n) is 11.2. The number of likely N-dealkylation sites (N-methyl/N-ethyl adjacent to an activating group) is 1. The molecule has 1 saturated heterocycles. The summed E-state index contributed by atoms with van der Waals surface area (Å²) in [6.07, 6.45) is 4.13. The van der Waals surface area contributed by atoms with Gasteiger partial charge in [0.25, 0.3) is 0 Å². The first-order chi connectivity index (χ1) is 18.4. The zero-order chi connectivity index (χ0) is 28.7. The van der Waals surface area contributed by atoms with Crippen molar-refractivity contribution in [2.75, 3.05) is 52.2 Å². The molecule has 39 heavy (non-hydrogen) atoms. The number of hydrogen-bond donors (Lipinski definition) is 1. The van der Waals surface area contributed by atoms with Crippen molar-refractivity contribution in [1.29, 1.82) is 0 Å². The molecule has 0 radical (unpaired) electrons. The average molecular weight is 546 g/mol. The number of nitrogens with zero attached hydrogens (tertiary/aromatic N) is 3. The van der Waals surface area contributed by atoms with Crippen molar-refractivity contribution in [2.24, 2.45) is 11.8 Å². The third kappa shape index (κ3) is 9.07. The molecule has 3 rings (SSSR count). The molecule has 2 aliphatic heterocycles. The number of halogens is 1. The van der Waals surface area contributed by atoms with Gasteiger partial charge >= 0.3 is 12.1 Å². The lowest BCUT2D eigenvalue weighted by atomic mass is 9.91. The number of benzene rings is 1. The Balaban J connectivity index is 1.86. The summed E-state index contributed by atoms with van der Waals surface area (Å²) in [6.45, 7) is 8.60. The van der Waals surface area contributed by atoms with Gasteiger partial charge in [-0.1, -0.05) is 26.0 Å². The van der Waals surface area contributed by atoms with Crippen molar-refractivity contribution in [3.63, 3.8) is 0 Å². The Kier molecular flexibility index (Phi) is 10.9. The zero-order valence-electron chi connectivity index (χ0n) is 24.1. The summed E-state index contributed by atoms with van der Waals surface area (Å²) in [6, 6.07) is 4.76. The number of carbonyl (C=O) groups is 2. The highest BCUT2D eigenvalue weighted by atomic mass is 19.1. The van der Waals surface area contributed by atoms with Crippen molar-refractivity contribution < 1.29 is 28.6 Å². The molecule has 1 amide bonds. The van der Waals surface area contributed by atoms with Gasteiger partial charge in [0.1, 0.15) is 18.0 Å². The number of anilines is 1. The van der Waals surface area contributed by atoms with Crippen LogP contribution in [-0.2, 0) is 14.3 Å². The molecule has 0 saturated carbocycles. The van der Waals surface area contributed by atoms with Crippen molar-refractivity contribution >= 4 is 23.8 Å². The van der Waals surface area contributed by atoms with E-state index in [1.54, 1.807) is 4.90 Å². The fraction of sp³-hybridized carbons (Fsp3) is 0.600. The van der Waals surface area contributed by atoms with Crippen molar-refractivity contribution in [2.45, 2.75) is 58.3 Å². The van der Waals surface area contributed by atoms with Gasteiger partial charge in [0.2, 0.25) is 0 Å². The molecule has 1 aromatic rings. The van der Waals surface area contributed by atoms with Gasteiger partial charge in [-0.25, -0.2) is 9.18 Å². The number of carbonyl (C=O) groups excluding carboxylic acids is 2. The second-order valence-corrected chi connectivity index (χ2v) is 11.2. The molecule has 1 N–H and O–H groups in total. The molecule has 1 aromatic carbocycles. The van der Waals surface area contributed by atoms with Crippen LogP contribution < -0.4 is 4.90 Å². The molecule has 0 spiro atoms. The minimum Gasteiger partial charge on any atom is -0.457 e. The highest BCUT2D eigenvalue weighted by molar-refractivity contribution is 5.71. The molecule has 2 heterocycles. The summed E-state index contributed by atoms with van der Waals surface area (Å²) < 4.78 is 26.1. The summed E-state index contributed by atoms with van der Waals surface area (Å²) >= 11 is 0. The SMILES string of the molecule is C/C(=C\c1cc(F)cc(N(C)C)c1)[C@H]1OC(=O)C[C@H](O)CC[C@H](C)[C@H](OC(=O)N2CCN(C)CC2)/C=C/[C@@H]1C. The number of amides is 1. The van der Waals surface area contributed by atoms with E-state index in [0.717, 1.165) is 24.4 Å². The van der Waals surface area contributed by atoms with Gasteiger partial charge in [-0.15, -0.1) is 0 Å². The maximum atomic E-state index is 14.3. The molecule has 0 bridgehead atoms. The Morgan fingerprint density at radius 1 is 1.13 bits per heavy atom. The zero-order valence-corrected chi connectivity index (χ0v) is 24.1. The van der Waals surface area contributed by atoms with E-state index >= 15 is 0 Å². The molecule has 216 valence electrons. The lowest BCUT2D eigenvalue weighted by molar-refractivity contribution is -0.151. The Bertz CT molecular complexity index is 1050. The van der Waals surface area contributed by atoms with Crippen molar-refractivity contribution in [3.05, 3.63) is 47.3 Å². The quantitative estimate of drug-likeness (QED) is 0.445. The van der Waals surface area contributed by atoms with Gasteiger partial charge in [-0.3, -0.25) is 4.79 Å². The summed E-state index contributed by atoms with van der Waals surface area (Å²) in [7, 11) is 5.72. The molecular weight excluding hydrogens is 501 g/mol. The Morgan fingerprint density at radius 3 is 2.49 bits per heavy atom. The molecule has 9 heteroatoms. The molecule has 8 nitrogen and oxygen atoms in total. The first-order valence-electron chi connectivity index (χ1n) is 13.8. The van der Waals surface area contributed by atoms with Crippen LogP contribution in [0.15, 0.2) is 35.9 Å². The Morgan fingerprint density at radius 2 is 1.82 bits per heavy atom. The monoisotopic (exact) mass is 545 g/mol. The molecular formula is C30H44FN3O5. The van der Waals surface area contributed by atoms with Crippen LogP contribution in [0.1, 0.15) is 45.6 Å². The van der Waals surface area contributed by atoms with E-state index in [1.807, 2.05) is 71.1 Å². The third-order valence-corrected chi connectivity index (χ3v) is 7.52. The van der Waals surface area contributed by atoms with Gasteiger partial charge in [0.15, 0.2) is 0 Å². The van der Waals surface area contributed by atoms with E-state index in [-0.39, 0.29) is 30.2 Å². The summed E-state index contributed by atoms with van der Waals surface area (Å²) in [5, 5.41) is 10.5. The molecule has 0 aliphatic carbocycles. The number of ether oxygens (including phenoxy) is 2. The predicted molar refractivity (Wildman–Crippen MR) is 151 cm³/mol. The number of hydrogen-bond acceptors (Lipinski definition) is 7. The van der Waals surface area contributed by atoms with E-state index in [9.17, 15) is 19.1 Å². The van der Waals surface area contributed by atoms with Crippen molar-refractivity contribution in [3.8, 4) is 0 Å². The van der Waals surface area contributed by atoms with Crippen LogP contribution in [0.2, 0.25) is 0 Å². The second kappa shape index (κ2) is 13.9. The van der Waals surface area contributed by atoms with Gasteiger partial charge < -0.3 is 29.3 Å². The van der Waals surface area contributed by atoms with Crippen LogP contribution in [0.3, 0.4) is 0 Å². The first kappa shape index (κ1) is 30.6. The lowest BCUT2D eigenvalue weighted by Gasteiger charge is -2.33. The number of cyclic esters (lactones) is 1. The summed E-state index contributed by atoms with van der Waals surface area (Å²) in [5.74, 6) is -1.16. The number of esters is 1. The van der Waals surface area contributed by atoms with Gasteiger partial charge in [0, 0.05) is 51.9 Å². The largest absolute Gasteiger partial charge is 0.457 e. The molecule has 5 atom stereocenters. The summed E-state index contributed by atoms with van der Waals surface area (Å²) in [5.41, 5.74) is 2.11. The van der Waals surface area contributed by atoms with Crippen molar-refractivity contribution in [1.82, 2.24) is 9.80 Å². The Labute approximate surface area is 232 Å². The van der Waals surface area contributed by atoms with Crippen LogP contribution in [0.25, 0.3) is 6.08 Å². The molecule has 2 aliphatic rings. The van der Waals surface area contributed by atoms with Crippen LogP contribution in [-0.4, -0.2) is 92.6 Å². The molecule has 0 aromatic heterocycles. The highest BCUT2D eigenvalue weighted by Gasteiger charge is 2.29. The normalized spacial score (nSPS) is 28.6. The van der Waals surface area contributed by atoms with E-state index < -0.39 is 24.3 Å². The number of aliphatic hydroxyl groups excluding tert-OH is 1. The van der Waals surface area contributed by atoms with E-state index in [2.05, 4.69) is 4.90 Å². The fourth-order valence-electron chi connectivity index (χ4n) is 4.91. The Hall–Kier alpha value is -2.91. The number of piperazine rings is 1. The van der Waals surface area contributed by atoms with Gasteiger partial charge in [-0.05, 0) is 68.1 Å². The van der Waals surface area contributed by atoms with E-state index in [1.165, 1.54) is 12.1 Å². The molecule has 0 unspecified atom stereocenters. The van der Waals surface area contributed by atoms with Crippen LogP contribution in [0.4, 0.5) is 14.9 Å². The maximum Gasteiger partial charge on any atom is 0.410 e. The minimum atomic E-state index is -0.858. The highest BCUT2D eigenvalue weighted by Crippen LogP contribution is 2.27. The number of rotatable bonds is 4. The predicted octanol–water partition coefficient (Wildman–Crippen LogP) is 4.33. The van der Waals surface area contributed by atoms with Crippen LogP contribution in [0, 0.1) is 17.7 Å². The standard InChI is InChI=1S/C30H44FN3O5/c1-20-7-9-26(35)19-28(36)39-29(22(3)15-23-16-24(31)18-25(17-23)32(4)5)21(2)8-10-27(20)38-30(37)34-13-11-33(6)12-14-34/h8,10,15-18,20-21,26-27,29,35H,7,9,11-14,19H2,1-6H3/b10-8+,22-15+/t20-,21-,26+,27+,29-/m0/s1.